The number of halogens is 1. The molecule has 3 N–H and O–H groups in total. The van der Waals surface area contributed by atoms with Crippen LogP contribution in [0.15, 0.2) is 36.8 Å². The molecule has 2 heterocycles. The third-order valence-electron chi connectivity index (χ3n) is 2.28. The fraction of sp³-hybridized carbons (Fsp3) is 0.167. The maximum Gasteiger partial charge on any atom is 0.127 e. The van der Waals surface area contributed by atoms with Crippen molar-refractivity contribution in [1.82, 2.24) is 9.97 Å². The first kappa shape index (κ1) is 12.6. The van der Waals surface area contributed by atoms with Crippen molar-refractivity contribution in [2.75, 3.05) is 17.8 Å². The van der Waals surface area contributed by atoms with Crippen molar-refractivity contribution in [2.45, 2.75) is 6.61 Å². The molecular formula is C12H13ClN4O. The summed E-state index contributed by atoms with van der Waals surface area (Å²) in [6.07, 6.45) is 4.91. The number of anilines is 2. The third-order valence-corrected chi connectivity index (χ3v) is 2.51. The molecule has 0 fully saturated rings. The molecule has 0 aliphatic rings. The smallest absolute Gasteiger partial charge is 0.127 e. The number of nitrogen functional groups attached to an aromatic ring is 1. The Morgan fingerprint density at radius 3 is 2.89 bits per heavy atom. The van der Waals surface area contributed by atoms with Gasteiger partial charge in [-0.15, -0.1) is 0 Å². The molecule has 0 aliphatic carbocycles. The molecule has 0 aliphatic heterocycles. The van der Waals surface area contributed by atoms with Crippen LogP contribution in [0.3, 0.4) is 0 Å². The summed E-state index contributed by atoms with van der Waals surface area (Å²) in [5.41, 5.74) is 7.30. The molecule has 5 nitrogen and oxygen atoms in total. The maximum atomic E-state index is 5.76. The van der Waals surface area contributed by atoms with Gasteiger partial charge in [-0.25, -0.2) is 4.98 Å². The molecule has 0 unspecified atom stereocenters. The zero-order valence-corrected chi connectivity index (χ0v) is 10.4. The van der Waals surface area contributed by atoms with Gasteiger partial charge in [-0.2, -0.15) is 0 Å². The SMILES string of the molecule is Nc1ccncc1COCNc1ccc(Cl)cn1. The molecule has 94 valence electrons. The van der Waals surface area contributed by atoms with Gasteiger partial charge in [-0.1, -0.05) is 11.6 Å². The van der Waals surface area contributed by atoms with E-state index in [1.807, 2.05) is 0 Å². The van der Waals surface area contributed by atoms with Gasteiger partial charge >= 0.3 is 0 Å². The zero-order valence-electron chi connectivity index (χ0n) is 9.64. The average molecular weight is 265 g/mol. The monoisotopic (exact) mass is 264 g/mol. The number of ether oxygens (including phenoxy) is 1. The van der Waals surface area contributed by atoms with Crippen molar-refractivity contribution in [3.63, 3.8) is 0 Å². The lowest BCUT2D eigenvalue weighted by molar-refractivity contribution is 0.138. The van der Waals surface area contributed by atoms with Crippen LogP contribution in [0.4, 0.5) is 11.5 Å². The lowest BCUT2D eigenvalue weighted by atomic mass is 10.2. The topological polar surface area (TPSA) is 73.1 Å². The van der Waals surface area contributed by atoms with Crippen LogP contribution in [-0.2, 0) is 11.3 Å². The molecule has 2 aromatic heterocycles. The second kappa shape index (κ2) is 6.18. The summed E-state index contributed by atoms with van der Waals surface area (Å²) in [6.45, 7) is 0.739. The Bertz CT molecular complexity index is 504. The van der Waals surface area contributed by atoms with Gasteiger partial charge < -0.3 is 15.8 Å². The number of nitrogens with two attached hydrogens (primary N) is 1. The van der Waals surface area contributed by atoms with E-state index in [9.17, 15) is 0 Å². The highest BCUT2D eigenvalue weighted by atomic mass is 35.5. The quantitative estimate of drug-likeness (QED) is 0.640. The first-order valence-electron chi connectivity index (χ1n) is 5.37. The summed E-state index contributed by atoms with van der Waals surface area (Å²) >= 11 is 5.73. The lowest BCUT2D eigenvalue weighted by Crippen LogP contribution is -2.08. The van der Waals surface area contributed by atoms with Crippen LogP contribution < -0.4 is 11.1 Å². The summed E-state index contributed by atoms with van der Waals surface area (Å²) in [5, 5.41) is 3.61. The van der Waals surface area contributed by atoms with Crippen LogP contribution in [0.5, 0.6) is 0 Å². The van der Waals surface area contributed by atoms with E-state index in [0.717, 1.165) is 5.56 Å². The van der Waals surface area contributed by atoms with Crippen molar-refractivity contribution in [3.8, 4) is 0 Å². The summed E-state index contributed by atoms with van der Waals surface area (Å²) < 4.78 is 5.43. The highest BCUT2D eigenvalue weighted by Gasteiger charge is 1.98. The van der Waals surface area contributed by atoms with E-state index in [2.05, 4.69) is 15.3 Å². The maximum absolute atomic E-state index is 5.76. The van der Waals surface area contributed by atoms with Gasteiger partial charge in [0.05, 0.1) is 11.6 Å². The molecule has 0 aromatic carbocycles. The van der Waals surface area contributed by atoms with Crippen LogP contribution >= 0.6 is 11.6 Å². The van der Waals surface area contributed by atoms with E-state index >= 15 is 0 Å². The summed E-state index contributed by atoms with van der Waals surface area (Å²) in [6, 6.07) is 5.28. The molecular weight excluding hydrogens is 252 g/mol. The van der Waals surface area contributed by atoms with Crippen molar-refractivity contribution >= 4 is 23.1 Å². The molecule has 0 saturated heterocycles. The normalized spacial score (nSPS) is 10.3. The van der Waals surface area contributed by atoms with Crippen LogP contribution in [0, 0.1) is 0 Å². The first-order valence-corrected chi connectivity index (χ1v) is 5.75. The van der Waals surface area contributed by atoms with E-state index in [4.69, 9.17) is 22.1 Å². The van der Waals surface area contributed by atoms with Gasteiger partial charge in [0, 0.05) is 29.8 Å². The minimum absolute atomic E-state index is 0.336. The number of pyridine rings is 2. The van der Waals surface area contributed by atoms with E-state index < -0.39 is 0 Å². The van der Waals surface area contributed by atoms with Crippen LogP contribution in [0.25, 0.3) is 0 Å². The second-order valence-corrected chi connectivity index (χ2v) is 4.04. The number of nitrogens with zero attached hydrogens (tertiary/aromatic N) is 2. The minimum Gasteiger partial charge on any atom is -0.398 e. The standard InChI is InChI=1S/C12H13ClN4O/c13-10-1-2-12(16-6-10)17-8-18-7-9-5-15-4-3-11(9)14/h1-6H,7-8H2,(H2,14,15)(H,16,17). The molecule has 6 heteroatoms. The van der Waals surface area contributed by atoms with Crippen molar-refractivity contribution in [2.24, 2.45) is 0 Å². The molecule has 0 atom stereocenters. The predicted octanol–water partition coefficient (Wildman–Crippen LogP) is 2.30. The molecule has 0 radical (unpaired) electrons. The second-order valence-electron chi connectivity index (χ2n) is 3.61. The van der Waals surface area contributed by atoms with Gasteiger partial charge in [0.15, 0.2) is 0 Å². The van der Waals surface area contributed by atoms with Gasteiger partial charge in [0.1, 0.15) is 12.5 Å². The van der Waals surface area contributed by atoms with E-state index in [-0.39, 0.29) is 0 Å². The molecule has 0 saturated carbocycles. The Labute approximate surface area is 110 Å². The molecule has 18 heavy (non-hydrogen) atoms. The van der Waals surface area contributed by atoms with Crippen LogP contribution in [0.1, 0.15) is 5.56 Å². The summed E-state index contributed by atoms with van der Waals surface area (Å²) in [7, 11) is 0. The number of rotatable bonds is 5. The number of nitrogens with one attached hydrogen (secondary N) is 1. The van der Waals surface area contributed by atoms with Gasteiger partial charge in [0.2, 0.25) is 0 Å². The first-order chi connectivity index (χ1) is 8.75. The lowest BCUT2D eigenvalue weighted by Gasteiger charge is -2.08. The highest BCUT2D eigenvalue weighted by Crippen LogP contribution is 2.11. The Kier molecular flexibility index (Phi) is 4.33. The van der Waals surface area contributed by atoms with Gasteiger partial charge in [0.25, 0.3) is 0 Å². The highest BCUT2D eigenvalue weighted by molar-refractivity contribution is 6.30. The van der Waals surface area contributed by atoms with Crippen LogP contribution in [-0.4, -0.2) is 16.7 Å². The fourth-order valence-electron chi connectivity index (χ4n) is 1.32. The Hall–Kier alpha value is -1.85. The van der Waals surface area contributed by atoms with Gasteiger partial charge in [-0.05, 0) is 18.2 Å². The van der Waals surface area contributed by atoms with Crippen LogP contribution in [0.2, 0.25) is 5.02 Å². The number of aromatic nitrogens is 2. The Morgan fingerprint density at radius 2 is 2.17 bits per heavy atom. The number of hydrogen-bond donors (Lipinski definition) is 2. The van der Waals surface area contributed by atoms with E-state index in [1.54, 1.807) is 36.8 Å². The Morgan fingerprint density at radius 1 is 1.28 bits per heavy atom. The molecule has 2 aromatic rings. The molecule has 0 bridgehead atoms. The van der Waals surface area contributed by atoms with E-state index in [1.165, 1.54) is 0 Å². The molecule has 0 amide bonds. The predicted molar refractivity (Wildman–Crippen MR) is 71.2 cm³/mol. The number of hydrogen-bond acceptors (Lipinski definition) is 5. The minimum atomic E-state index is 0.336. The van der Waals surface area contributed by atoms with Crippen molar-refractivity contribution in [1.29, 1.82) is 0 Å². The summed E-state index contributed by atoms with van der Waals surface area (Å²) in [4.78, 5) is 8.06. The van der Waals surface area contributed by atoms with Gasteiger partial charge in [-0.3, -0.25) is 4.98 Å². The summed E-state index contributed by atoms with van der Waals surface area (Å²) in [5.74, 6) is 0.707. The largest absolute Gasteiger partial charge is 0.398 e. The Balaban J connectivity index is 1.76. The average Bonchev–Trinajstić information content (AvgIpc) is 2.39. The third kappa shape index (κ3) is 3.58. The fourth-order valence-corrected chi connectivity index (χ4v) is 1.44. The zero-order chi connectivity index (χ0) is 12.8. The van der Waals surface area contributed by atoms with Crippen molar-refractivity contribution < 1.29 is 4.74 Å². The molecule has 2 rings (SSSR count). The van der Waals surface area contributed by atoms with E-state index in [0.29, 0.717) is 29.9 Å². The van der Waals surface area contributed by atoms with Crippen molar-refractivity contribution in [3.05, 3.63) is 47.4 Å². The molecule has 0 spiro atoms.